The standard InChI is InChI=1S/C32H29F3N4O4S2/c33-32(34,35)45-25-14-15-26-27(18-25)44-30(37-26)38-31(43)39(24-12-10-22(11-13-24)21-4-2-1-3-5-21)19-20-6-8-23(9-7-20)29(42)36-17-16-28(40)41/h4,6-15,18H,1-3,5,16-17,19H2,(H,36,42)(H,40,41)(H,37,38,43). The van der Waals surface area contributed by atoms with Gasteiger partial charge in [-0.2, -0.15) is 13.2 Å². The van der Waals surface area contributed by atoms with Crippen LogP contribution in [-0.2, 0) is 11.3 Å². The third-order valence-electron chi connectivity index (χ3n) is 7.07. The number of hydrogen-bond donors (Lipinski definition) is 3. The highest BCUT2D eigenvalue weighted by atomic mass is 32.2. The number of hydrogen-bond acceptors (Lipinski definition) is 6. The molecule has 1 aromatic heterocycles. The molecule has 3 aromatic carbocycles. The molecule has 1 aliphatic carbocycles. The van der Waals surface area contributed by atoms with Crippen molar-refractivity contribution in [3.63, 3.8) is 0 Å². The van der Waals surface area contributed by atoms with Crippen LogP contribution in [0.25, 0.3) is 15.8 Å². The summed E-state index contributed by atoms with van der Waals surface area (Å²) in [6, 6.07) is 18.1. The lowest BCUT2D eigenvalue weighted by Gasteiger charge is -2.23. The van der Waals surface area contributed by atoms with E-state index in [2.05, 4.69) is 21.7 Å². The average molecular weight is 655 g/mol. The number of fused-ring (bicyclic) bond motifs is 1. The zero-order valence-electron chi connectivity index (χ0n) is 23.9. The summed E-state index contributed by atoms with van der Waals surface area (Å²) in [7, 11) is 0. The number of thioether (sulfide) groups is 1. The molecule has 13 heteroatoms. The molecule has 0 spiro atoms. The SMILES string of the molecule is O=C(O)CCNC(=O)c1ccc(CN(C(=O)Nc2nc3ccc(SC(F)(F)F)cc3s2)c2ccc(C3=CCCCC3)cc2)cc1. The van der Waals surface area contributed by atoms with Gasteiger partial charge in [0.15, 0.2) is 5.13 Å². The first kappa shape index (κ1) is 32.0. The number of rotatable bonds is 10. The highest BCUT2D eigenvalue weighted by molar-refractivity contribution is 8.00. The topological polar surface area (TPSA) is 112 Å². The average Bonchev–Trinajstić information content (AvgIpc) is 3.41. The molecule has 0 unspecified atom stereocenters. The number of alkyl halides is 3. The second-order valence-corrected chi connectivity index (χ2v) is 12.5. The Bertz CT molecular complexity index is 1720. The van der Waals surface area contributed by atoms with Crippen molar-refractivity contribution in [2.75, 3.05) is 16.8 Å². The molecule has 4 aromatic rings. The number of carbonyl (C=O) groups is 3. The van der Waals surface area contributed by atoms with Gasteiger partial charge in [0.1, 0.15) is 0 Å². The molecule has 45 heavy (non-hydrogen) atoms. The van der Waals surface area contributed by atoms with Crippen LogP contribution in [0, 0.1) is 0 Å². The van der Waals surface area contributed by atoms with Gasteiger partial charge in [0.25, 0.3) is 5.91 Å². The summed E-state index contributed by atoms with van der Waals surface area (Å²) in [5, 5.41) is 14.4. The first-order valence-electron chi connectivity index (χ1n) is 14.2. The number of nitrogens with zero attached hydrogens (tertiary/aromatic N) is 2. The van der Waals surface area contributed by atoms with Crippen molar-refractivity contribution in [1.82, 2.24) is 10.3 Å². The highest BCUT2D eigenvalue weighted by Crippen LogP contribution is 2.39. The van der Waals surface area contributed by atoms with E-state index < -0.39 is 23.4 Å². The Morgan fingerprint density at radius 1 is 1.00 bits per heavy atom. The second kappa shape index (κ2) is 14.2. The number of carboxylic acid groups (broad SMARTS) is 1. The van der Waals surface area contributed by atoms with Crippen LogP contribution < -0.4 is 15.5 Å². The molecule has 1 aliphatic rings. The summed E-state index contributed by atoms with van der Waals surface area (Å²) < 4.78 is 39.1. The summed E-state index contributed by atoms with van der Waals surface area (Å²) in [6.07, 6.45) is 6.40. The number of aromatic nitrogens is 1. The van der Waals surface area contributed by atoms with Gasteiger partial charge in [-0.15, -0.1) is 0 Å². The van der Waals surface area contributed by atoms with Crippen LogP contribution in [0.5, 0.6) is 0 Å². The highest BCUT2D eigenvalue weighted by Gasteiger charge is 2.29. The fourth-order valence-corrected chi connectivity index (χ4v) is 6.43. The molecule has 0 bridgehead atoms. The number of carbonyl (C=O) groups excluding carboxylic acids is 2. The van der Waals surface area contributed by atoms with Gasteiger partial charge >= 0.3 is 17.5 Å². The Hall–Kier alpha value is -4.36. The van der Waals surface area contributed by atoms with E-state index in [0.29, 0.717) is 21.5 Å². The Morgan fingerprint density at radius 2 is 1.76 bits per heavy atom. The van der Waals surface area contributed by atoms with Crippen LogP contribution in [0.4, 0.5) is 28.8 Å². The number of carboxylic acids is 1. The van der Waals surface area contributed by atoms with Crippen LogP contribution in [-0.4, -0.2) is 40.1 Å². The van der Waals surface area contributed by atoms with E-state index in [1.165, 1.54) is 35.1 Å². The number of aliphatic carboxylic acids is 1. The quantitative estimate of drug-likeness (QED) is 0.148. The van der Waals surface area contributed by atoms with Crippen molar-refractivity contribution in [1.29, 1.82) is 0 Å². The lowest BCUT2D eigenvalue weighted by molar-refractivity contribution is -0.136. The fraction of sp³-hybridized carbons (Fsp3) is 0.250. The summed E-state index contributed by atoms with van der Waals surface area (Å²) in [6.45, 7) is 0.150. The van der Waals surface area contributed by atoms with E-state index in [9.17, 15) is 27.6 Å². The maximum Gasteiger partial charge on any atom is 0.446 e. The molecule has 3 N–H and O–H groups in total. The Balaban J connectivity index is 1.36. The number of anilines is 2. The number of allylic oxidation sites excluding steroid dienone is 2. The lowest BCUT2D eigenvalue weighted by Crippen LogP contribution is -2.34. The van der Waals surface area contributed by atoms with Crippen LogP contribution >= 0.6 is 23.1 Å². The van der Waals surface area contributed by atoms with E-state index in [-0.39, 0.29) is 41.3 Å². The molecule has 0 aliphatic heterocycles. The van der Waals surface area contributed by atoms with E-state index in [1.54, 1.807) is 24.3 Å². The third-order valence-corrected chi connectivity index (χ3v) is 8.73. The lowest BCUT2D eigenvalue weighted by atomic mass is 9.93. The van der Waals surface area contributed by atoms with Gasteiger partial charge in [-0.1, -0.05) is 41.7 Å². The summed E-state index contributed by atoms with van der Waals surface area (Å²) in [5.41, 5.74) is 0.117. The van der Waals surface area contributed by atoms with Crippen molar-refractivity contribution in [3.8, 4) is 0 Å². The molecular formula is C32H29F3N4O4S2. The van der Waals surface area contributed by atoms with Crippen LogP contribution in [0.3, 0.4) is 0 Å². The molecule has 0 saturated heterocycles. The minimum atomic E-state index is -4.42. The summed E-state index contributed by atoms with van der Waals surface area (Å²) in [5.74, 6) is -1.42. The van der Waals surface area contributed by atoms with Gasteiger partial charge in [0.05, 0.1) is 23.2 Å². The number of thiazole rings is 1. The minimum absolute atomic E-state index is 0.00497. The van der Waals surface area contributed by atoms with Crippen LogP contribution in [0.15, 0.2) is 77.7 Å². The molecule has 0 radical (unpaired) electrons. The fourth-order valence-electron chi connectivity index (χ4n) is 4.88. The Kier molecular flexibility index (Phi) is 10.1. The van der Waals surface area contributed by atoms with Crippen molar-refractivity contribution in [3.05, 3.63) is 89.5 Å². The van der Waals surface area contributed by atoms with Crippen molar-refractivity contribution >= 4 is 67.6 Å². The minimum Gasteiger partial charge on any atom is -0.481 e. The van der Waals surface area contributed by atoms with Crippen molar-refractivity contribution in [2.45, 2.75) is 49.1 Å². The molecule has 5 rings (SSSR count). The molecule has 3 amide bonds. The Morgan fingerprint density at radius 3 is 2.42 bits per heavy atom. The van der Waals surface area contributed by atoms with E-state index in [4.69, 9.17) is 5.11 Å². The maximum atomic E-state index is 13.7. The molecule has 0 atom stereocenters. The van der Waals surface area contributed by atoms with E-state index >= 15 is 0 Å². The summed E-state index contributed by atoms with van der Waals surface area (Å²) in [4.78, 5) is 42.7. The van der Waals surface area contributed by atoms with Gasteiger partial charge in [-0.05, 0) is 96.6 Å². The molecule has 234 valence electrons. The molecule has 1 heterocycles. The number of halogens is 3. The predicted molar refractivity (Wildman–Crippen MR) is 171 cm³/mol. The monoisotopic (exact) mass is 654 g/mol. The van der Waals surface area contributed by atoms with Gasteiger partial charge in [-0.25, -0.2) is 9.78 Å². The molecule has 0 saturated carbocycles. The van der Waals surface area contributed by atoms with Crippen molar-refractivity contribution in [2.24, 2.45) is 0 Å². The van der Waals surface area contributed by atoms with Gasteiger partial charge in [-0.3, -0.25) is 19.8 Å². The smallest absolute Gasteiger partial charge is 0.446 e. The molecule has 0 fully saturated rings. The van der Waals surface area contributed by atoms with Crippen molar-refractivity contribution < 1.29 is 32.7 Å². The first-order valence-corrected chi connectivity index (χ1v) is 15.8. The first-order chi connectivity index (χ1) is 21.5. The summed E-state index contributed by atoms with van der Waals surface area (Å²) >= 11 is 0.872. The zero-order chi connectivity index (χ0) is 32.0. The Labute approximate surface area is 265 Å². The normalized spacial score (nSPS) is 13.3. The predicted octanol–water partition coefficient (Wildman–Crippen LogP) is 8.31. The second-order valence-electron chi connectivity index (χ2n) is 10.3. The van der Waals surface area contributed by atoms with Gasteiger partial charge < -0.3 is 10.4 Å². The van der Waals surface area contributed by atoms with E-state index in [1.807, 2.05) is 24.3 Å². The van der Waals surface area contributed by atoms with Crippen LogP contribution in [0.1, 0.15) is 53.6 Å². The molecule has 8 nitrogen and oxygen atoms in total. The molecular weight excluding hydrogens is 626 g/mol. The number of amides is 3. The third kappa shape index (κ3) is 8.85. The largest absolute Gasteiger partial charge is 0.481 e. The number of benzene rings is 3. The number of nitrogens with one attached hydrogen (secondary N) is 2. The maximum absolute atomic E-state index is 13.7. The van der Waals surface area contributed by atoms with Gasteiger partial charge in [0.2, 0.25) is 0 Å². The number of urea groups is 1. The zero-order valence-corrected chi connectivity index (χ0v) is 25.5. The van der Waals surface area contributed by atoms with Crippen LogP contribution in [0.2, 0.25) is 0 Å². The van der Waals surface area contributed by atoms with E-state index in [0.717, 1.165) is 41.7 Å². The van der Waals surface area contributed by atoms with Gasteiger partial charge in [0, 0.05) is 22.7 Å².